The molecule has 1 fully saturated rings. The van der Waals surface area contributed by atoms with Crippen molar-refractivity contribution >= 4 is 39.0 Å². The average molecular weight is 464 g/mol. The predicted molar refractivity (Wildman–Crippen MR) is 113 cm³/mol. The van der Waals surface area contributed by atoms with E-state index in [2.05, 4.69) is 36.4 Å². The molecule has 0 radical (unpaired) electrons. The molecule has 10 heteroatoms. The van der Waals surface area contributed by atoms with Crippen LogP contribution >= 0.6 is 15.9 Å². The second kappa shape index (κ2) is 9.19. The molecule has 0 saturated carbocycles. The number of carboxylic acids is 1. The number of carboxylic acid groups (broad SMARTS) is 1. The number of anilines is 2. The lowest BCUT2D eigenvalue weighted by Gasteiger charge is -2.33. The van der Waals surface area contributed by atoms with Gasteiger partial charge < -0.3 is 15.7 Å². The summed E-state index contributed by atoms with van der Waals surface area (Å²) in [6.07, 6.45) is 5.28. The van der Waals surface area contributed by atoms with E-state index in [1.807, 2.05) is 19.3 Å². The summed E-state index contributed by atoms with van der Waals surface area (Å²) >= 11 is 3.15. The van der Waals surface area contributed by atoms with Gasteiger partial charge in [-0.2, -0.15) is 0 Å². The van der Waals surface area contributed by atoms with Gasteiger partial charge in [-0.25, -0.2) is 4.79 Å². The van der Waals surface area contributed by atoms with Gasteiger partial charge >= 0.3 is 5.97 Å². The van der Waals surface area contributed by atoms with Gasteiger partial charge in [0.15, 0.2) is 0 Å². The fraction of sp³-hybridized carbons (Fsp3) is 0.368. The molecular formula is C19H22BrN5O4. The van der Waals surface area contributed by atoms with Crippen LogP contribution in [0.25, 0.3) is 0 Å². The van der Waals surface area contributed by atoms with Gasteiger partial charge in [0, 0.05) is 49.1 Å². The third-order valence-corrected chi connectivity index (χ3v) is 5.31. The predicted octanol–water partition coefficient (Wildman–Crippen LogP) is 3.57. The third kappa shape index (κ3) is 5.21. The van der Waals surface area contributed by atoms with Crippen LogP contribution in [0.1, 0.15) is 28.8 Å². The Kier molecular flexibility index (Phi) is 6.65. The molecule has 1 aromatic carbocycles. The molecule has 0 spiro atoms. The van der Waals surface area contributed by atoms with Crippen molar-refractivity contribution in [2.75, 3.05) is 30.8 Å². The second-order valence-corrected chi connectivity index (χ2v) is 7.88. The van der Waals surface area contributed by atoms with E-state index in [-0.39, 0.29) is 23.0 Å². The molecule has 2 aromatic rings. The van der Waals surface area contributed by atoms with Crippen molar-refractivity contribution in [1.29, 1.82) is 0 Å². The number of likely N-dealkylation sites (tertiary alicyclic amines) is 1. The fourth-order valence-electron chi connectivity index (χ4n) is 3.55. The first-order valence-corrected chi connectivity index (χ1v) is 9.98. The summed E-state index contributed by atoms with van der Waals surface area (Å²) < 4.78 is 0.356. The van der Waals surface area contributed by atoms with Gasteiger partial charge in [-0.05, 0) is 37.1 Å². The molecule has 0 bridgehead atoms. The minimum Gasteiger partial charge on any atom is -0.478 e. The third-order valence-electron chi connectivity index (χ3n) is 4.85. The Balaban J connectivity index is 1.78. The maximum Gasteiger partial charge on any atom is 0.338 e. The minimum absolute atomic E-state index is 0.0522. The first kappa shape index (κ1) is 21.0. The van der Waals surface area contributed by atoms with E-state index < -0.39 is 10.9 Å². The highest BCUT2D eigenvalue weighted by atomic mass is 79.9. The molecule has 0 amide bonds. The summed E-state index contributed by atoms with van der Waals surface area (Å²) in [6.45, 7) is 2.25. The smallest absolute Gasteiger partial charge is 0.338 e. The van der Waals surface area contributed by atoms with Crippen molar-refractivity contribution in [3.8, 4) is 0 Å². The Morgan fingerprint density at radius 2 is 2.21 bits per heavy atom. The molecule has 1 aliphatic heterocycles. The molecule has 1 aliphatic rings. The number of nitro groups is 1. The number of benzene rings is 1. The van der Waals surface area contributed by atoms with Crippen LogP contribution in [-0.4, -0.2) is 52.1 Å². The van der Waals surface area contributed by atoms with E-state index in [0.717, 1.165) is 30.6 Å². The van der Waals surface area contributed by atoms with Crippen LogP contribution in [0.4, 0.5) is 17.1 Å². The lowest BCUT2D eigenvalue weighted by molar-refractivity contribution is -0.384. The van der Waals surface area contributed by atoms with Crippen molar-refractivity contribution in [3.63, 3.8) is 0 Å². The summed E-state index contributed by atoms with van der Waals surface area (Å²) in [5, 5.41) is 27.2. The molecule has 9 nitrogen and oxygen atoms in total. The summed E-state index contributed by atoms with van der Waals surface area (Å²) in [5.74, 6) is -1.21. The van der Waals surface area contributed by atoms with Crippen LogP contribution in [0, 0.1) is 10.1 Å². The zero-order valence-electron chi connectivity index (χ0n) is 15.9. The fourth-order valence-corrected chi connectivity index (χ4v) is 3.99. The Morgan fingerprint density at radius 3 is 2.90 bits per heavy atom. The Hall–Kier alpha value is -2.72. The van der Waals surface area contributed by atoms with Gasteiger partial charge in [0.2, 0.25) is 0 Å². The largest absolute Gasteiger partial charge is 0.478 e. The number of nitrogens with one attached hydrogen (secondary N) is 2. The molecule has 3 rings (SSSR count). The quantitative estimate of drug-likeness (QED) is 0.420. The van der Waals surface area contributed by atoms with Crippen LogP contribution in [0.15, 0.2) is 35.1 Å². The number of aromatic carboxylic acids is 1. The first-order valence-electron chi connectivity index (χ1n) is 9.19. The average Bonchev–Trinajstić information content (AvgIpc) is 2.69. The normalized spacial score (nSPS) is 17.0. The van der Waals surface area contributed by atoms with Crippen LogP contribution in [0.5, 0.6) is 0 Å². The second-order valence-electron chi connectivity index (χ2n) is 6.96. The maximum atomic E-state index is 11.6. The monoisotopic (exact) mass is 463 g/mol. The lowest BCUT2D eigenvalue weighted by Crippen LogP contribution is -2.42. The van der Waals surface area contributed by atoms with E-state index in [1.165, 1.54) is 12.1 Å². The van der Waals surface area contributed by atoms with Gasteiger partial charge in [0.25, 0.3) is 5.69 Å². The molecule has 154 valence electrons. The number of nitrogens with zero attached hydrogens (tertiary/aromatic N) is 3. The number of hydrogen-bond donors (Lipinski definition) is 3. The van der Waals surface area contributed by atoms with E-state index in [1.54, 1.807) is 6.20 Å². The highest BCUT2D eigenvalue weighted by molar-refractivity contribution is 9.10. The van der Waals surface area contributed by atoms with E-state index in [4.69, 9.17) is 0 Å². The zero-order valence-corrected chi connectivity index (χ0v) is 17.5. The molecular weight excluding hydrogens is 442 g/mol. The highest BCUT2D eigenvalue weighted by Crippen LogP contribution is 2.34. The topological polar surface area (TPSA) is 121 Å². The summed E-state index contributed by atoms with van der Waals surface area (Å²) in [6, 6.07) is 4.64. The molecule has 0 aliphatic carbocycles. The SMILES string of the molecule is CNc1cncc(CN2CCC[C@@H](Nc3c(C(=O)O)cc(Br)cc3[N+](=O)[O-])C2)c1. The number of carbonyl (C=O) groups is 1. The number of piperidine rings is 1. The molecule has 1 atom stereocenters. The van der Waals surface area contributed by atoms with Crippen LogP contribution in [0.3, 0.4) is 0 Å². The van der Waals surface area contributed by atoms with Crippen molar-refractivity contribution in [2.45, 2.75) is 25.4 Å². The number of nitro benzene ring substituents is 1. The lowest BCUT2D eigenvalue weighted by atomic mass is 10.0. The Morgan fingerprint density at radius 1 is 1.41 bits per heavy atom. The number of aromatic nitrogens is 1. The Labute approximate surface area is 176 Å². The van der Waals surface area contributed by atoms with E-state index in [0.29, 0.717) is 17.6 Å². The van der Waals surface area contributed by atoms with E-state index >= 15 is 0 Å². The molecule has 29 heavy (non-hydrogen) atoms. The molecule has 1 aromatic heterocycles. The van der Waals surface area contributed by atoms with Gasteiger partial charge in [-0.3, -0.25) is 20.0 Å². The molecule has 3 N–H and O–H groups in total. The van der Waals surface area contributed by atoms with Gasteiger partial charge in [0.1, 0.15) is 5.69 Å². The maximum absolute atomic E-state index is 11.6. The van der Waals surface area contributed by atoms with Crippen molar-refractivity contribution in [1.82, 2.24) is 9.88 Å². The number of halogens is 1. The van der Waals surface area contributed by atoms with Gasteiger partial charge in [-0.1, -0.05) is 15.9 Å². The minimum atomic E-state index is -1.21. The van der Waals surface area contributed by atoms with Crippen LogP contribution in [0.2, 0.25) is 0 Å². The highest BCUT2D eigenvalue weighted by Gasteiger charge is 2.27. The summed E-state index contributed by atoms with van der Waals surface area (Å²) in [4.78, 5) is 29.0. The van der Waals surface area contributed by atoms with Gasteiger partial charge in [0.05, 0.1) is 16.2 Å². The Bertz CT molecular complexity index is 888. The number of rotatable bonds is 7. The molecule has 1 saturated heterocycles. The summed E-state index contributed by atoms with van der Waals surface area (Å²) in [7, 11) is 1.84. The molecule has 2 heterocycles. The van der Waals surface area contributed by atoms with E-state index in [9.17, 15) is 20.0 Å². The van der Waals surface area contributed by atoms with Crippen molar-refractivity contribution < 1.29 is 14.8 Å². The first-order chi connectivity index (χ1) is 13.9. The van der Waals surface area contributed by atoms with Crippen molar-refractivity contribution in [2.24, 2.45) is 0 Å². The number of pyridine rings is 1. The standard InChI is InChI=1S/C19H22BrN5O4/c1-21-15-5-12(8-22-9-15)10-24-4-2-3-14(11-24)23-18-16(19(26)27)6-13(20)7-17(18)25(28)29/h5-9,14,21,23H,2-4,10-11H2,1H3,(H,26,27)/t14-/m1/s1. The number of hydrogen-bond acceptors (Lipinski definition) is 7. The summed E-state index contributed by atoms with van der Waals surface area (Å²) in [5.41, 5.74) is 1.69. The van der Waals surface area contributed by atoms with Crippen molar-refractivity contribution in [3.05, 3.63) is 56.3 Å². The molecule has 0 unspecified atom stereocenters. The van der Waals surface area contributed by atoms with Crippen LogP contribution in [-0.2, 0) is 6.54 Å². The zero-order chi connectivity index (χ0) is 21.0. The van der Waals surface area contributed by atoms with Crippen LogP contribution < -0.4 is 10.6 Å². The van der Waals surface area contributed by atoms with Gasteiger partial charge in [-0.15, -0.1) is 0 Å².